The number of aliphatic hydroxyl groups excluding tert-OH is 1. The summed E-state index contributed by atoms with van der Waals surface area (Å²) in [5.41, 5.74) is 8.23. The van der Waals surface area contributed by atoms with Crippen LogP contribution in [0.5, 0.6) is 0 Å². The zero-order chi connectivity index (χ0) is 16.0. The van der Waals surface area contributed by atoms with Gasteiger partial charge in [0.25, 0.3) is 0 Å². The maximum atomic E-state index is 9.38. The van der Waals surface area contributed by atoms with E-state index in [0.29, 0.717) is 17.9 Å². The smallest absolute Gasteiger partial charge is 0.174 e. The molecule has 0 spiro atoms. The first-order valence-corrected chi connectivity index (χ1v) is 7.33. The molecule has 4 N–H and O–H groups in total. The van der Waals surface area contributed by atoms with Crippen LogP contribution in [0.2, 0.25) is 0 Å². The molecule has 118 valence electrons. The van der Waals surface area contributed by atoms with Gasteiger partial charge in [-0.2, -0.15) is 0 Å². The van der Waals surface area contributed by atoms with Crippen molar-refractivity contribution in [2.45, 2.75) is 46.6 Å². The number of rotatable bonds is 7. The van der Waals surface area contributed by atoms with Crippen LogP contribution in [0.1, 0.15) is 43.5 Å². The lowest BCUT2D eigenvalue weighted by Gasteiger charge is -2.33. The van der Waals surface area contributed by atoms with Crippen molar-refractivity contribution in [3.63, 3.8) is 0 Å². The number of oxime groups is 1. The predicted octanol–water partition coefficient (Wildman–Crippen LogP) is 1.78. The van der Waals surface area contributed by atoms with E-state index in [1.165, 1.54) is 0 Å². The van der Waals surface area contributed by atoms with E-state index in [9.17, 15) is 5.11 Å². The second-order valence-electron chi connectivity index (χ2n) is 5.15. The Morgan fingerprint density at radius 3 is 2.48 bits per heavy atom. The Balaban J connectivity index is 3.48. The summed E-state index contributed by atoms with van der Waals surface area (Å²) in [7, 11) is 0. The molecule has 0 amide bonds. The van der Waals surface area contributed by atoms with Crippen LogP contribution in [0.4, 0.5) is 5.82 Å². The molecule has 0 aromatic carbocycles. The Bertz CT molecular complexity index is 499. The highest BCUT2D eigenvalue weighted by atomic mass is 16.4. The number of pyridine rings is 1. The van der Waals surface area contributed by atoms with Gasteiger partial charge in [-0.1, -0.05) is 19.0 Å². The molecule has 0 aliphatic carbocycles. The highest BCUT2D eigenvalue weighted by Crippen LogP contribution is 2.26. The van der Waals surface area contributed by atoms with Crippen molar-refractivity contribution in [1.29, 1.82) is 0 Å². The van der Waals surface area contributed by atoms with Crippen LogP contribution >= 0.6 is 0 Å². The lowest BCUT2D eigenvalue weighted by atomic mass is 10.0. The summed E-state index contributed by atoms with van der Waals surface area (Å²) in [5.74, 6) is 0.717. The van der Waals surface area contributed by atoms with Crippen LogP contribution in [0.25, 0.3) is 0 Å². The molecule has 1 heterocycles. The fraction of sp³-hybridized carbons (Fsp3) is 0.600. The number of hydrogen-bond acceptors (Lipinski definition) is 5. The van der Waals surface area contributed by atoms with Gasteiger partial charge in [0.15, 0.2) is 5.84 Å². The minimum atomic E-state index is 0.0286. The van der Waals surface area contributed by atoms with E-state index >= 15 is 0 Å². The molecule has 0 aliphatic rings. The van der Waals surface area contributed by atoms with E-state index in [1.807, 2.05) is 24.8 Å². The molecule has 1 rings (SSSR count). The molecule has 6 heteroatoms. The van der Waals surface area contributed by atoms with Gasteiger partial charge in [-0.3, -0.25) is 0 Å². The highest BCUT2D eigenvalue weighted by Gasteiger charge is 2.23. The van der Waals surface area contributed by atoms with Gasteiger partial charge in [0.2, 0.25) is 0 Å². The third-order valence-electron chi connectivity index (χ3n) is 3.69. The van der Waals surface area contributed by atoms with Crippen LogP contribution in [0.3, 0.4) is 0 Å². The number of amidine groups is 1. The summed E-state index contributed by atoms with van der Waals surface area (Å²) in [6.45, 7) is 8.52. The van der Waals surface area contributed by atoms with E-state index in [2.05, 4.69) is 24.0 Å². The lowest BCUT2D eigenvalue weighted by Crippen LogP contribution is -2.39. The van der Waals surface area contributed by atoms with E-state index in [1.54, 1.807) is 0 Å². The fourth-order valence-corrected chi connectivity index (χ4v) is 2.69. The van der Waals surface area contributed by atoms with Gasteiger partial charge >= 0.3 is 0 Å². The summed E-state index contributed by atoms with van der Waals surface area (Å²) in [4.78, 5) is 6.63. The normalized spacial score (nSPS) is 12.0. The van der Waals surface area contributed by atoms with Crippen molar-refractivity contribution < 1.29 is 10.3 Å². The summed E-state index contributed by atoms with van der Waals surface area (Å²) in [6, 6.07) is 2.15. The Kier molecular flexibility index (Phi) is 6.42. The Labute approximate surface area is 126 Å². The third kappa shape index (κ3) is 3.85. The minimum Gasteiger partial charge on any atom is -0.409 e. The Morgan fingerprint density at radius 1 is 1.38 bits per heavy atom. The number of hydrogen-bond donors (Lipinski definition) is 3. The maximum absolute atomic E-state index is 9.38. The standard InChI is InChI=1S/C15H26N4O2/c1-5-12(6-2)19(7-8-20)15-13(14(16)18-21)10(3)9-11(4)17-15/h9,12,20-21H,5-8H2,1-4H3,(H2,16,18). The van der Waals surface area contributed by atoms with E-state index < -0.39 is 0 Å². The minimum absolute atomic E-state index is 0.0286. The zero-order valence-corrected chi connectivity index (χ0v) is 13.3. The first-order valence-electron chi connectivity index (χ1n) is 7.33. The SMILES string of the molecule is CCC(CC)N(CCO)c1nc(C)cc(C)c1C(N)=NO. The van der Waals surface area contributed by atoms with Crippen LogP contribution < -0.4 is 10.6 Å². The van der Waals surface area contributed by atoms with Crippen molar-refractivity contribution in [3.05, 3.63) is 22.9 Å². The molecule has 0 bridgehead atoms. The second-order valence-corrected chi connectivity index (χ2v) is 5.15. The number of nitrogens with two attached hydrogens (primary N) is 1. The van der Waals surface area contributed by atoms with Gasteiger partial charge < -0.3 is 20.9 Å². The Morgan fingerprint density at radius 2 is 2.00 bits per heavy atom. The predicted molar refractivity (Wildman–Crippen MR) is 85.0 cm³/mol. The van der Waals surface area contributed by atoms with Crippen LogP contribution in [-0.4, -0.2) is 40.3 Å². The molecule has 21 heavy (non-hydrogen) atoms. The third-order valence-corrected chi connectivity index (χ3v) is 3.69. The van der Waals surface area contributed by atoms with E-state index in [4.69, 9.17) is 10.9 Å². The van der Waals surface area contributed by atoms with Crippen molar-refractivity contribution in [2.75, 3.05) is 18.1 Å². The average molecular weight is 294 g/mol. The van der Waals surface area contributed by atoms with Crippen LogP contribution in [0.15, 0.2) is 11.2 Å². The second kappa shape index (κ2) is 7.83. The van der Waals surface area contributed by atoms with E-state index in [0.717, 1.165) is 24.1 Å². The van der Waals surface area contributed by atoms with Crippen LogP contribution in [-0.2, 0) is 0 Å². The van der Waals surface area contributed by atoms with Gasteiger partial charge in [-0.05, 0) is 38.3 Å². The van der Waals surface area contributed by atoms with Crippen molar-refractivity contribution in [2.24, 2.45) is 10.9 Å². The number of aromatic nitrogens is 1. The Hall–Kier alpha value is -1.82. The van der Waals surface area contributed by atoms with Gasteiger partial charge in [-0.25, -0.2) is 4.98 Å². The molecule has 1 aromatic rings. The van der Waals surface area contributed by atoms with Gasteiger partial charge in [-0.15, -0.1) is 0 Å². The summed E-state index contributed by atoms with van der Waals surface area (Å²) in [5, 5.41) is 21.5. The highest BCUT2D eigenvalue weighted by molar-refractivity contribution is 6.02. The topological polar surface area (TPSA) is 95.0 Å². The molecule has 0 unspecified atom stereocenters. The molecule has 0 saturated carbocycles. The van der Waals surface area contributed by atoms with Crippen molar-refractivity contribution in [3.8, 4) is 0 Å². The molecule has 0 saturated heterocycles. The average Bonchev–Trinajstić information content (AvgIpc) is 2.46. The molecule has 0 fully saturated rings. The molecular weight excluding hydrogens is 268 g/mol. The number of nitrogens with zero attached hydrogens (tertiary/aromatic N) is 3. The summed E-state index contributed by atoms with van der Waals surface area (Å²) in [6.07, 6.45) is 1.86. The molecule has 6 nitrogen and oxygen atoms in total. The zero-order valence-electron chi connectivity index (χ0n) is 13.3. The molecule has 0 radical (unpaired) electrons. The first-order chi connectivity index (χ1) is 9.99. The number of aryl methyl sites for hydroxylation is 2. The number of aliphatic hydroxyl groups is 1. The van der Waals surface area contributed by atoms with Crippen LogP contribution in [0, 0.1) is 13.8 Å². The van der Waals surface area contributed by atoms with Crippen molar-refractivity contribution >= 4 is 11.7 Å². The van der Waals surface area contributed by atoms with Gasteiger partial charge in [0, 0.05) is 18.3 Å². The quantitative estimate of drug-likeness (QED) is 0.308. The number of anilines is 1. The molecular formula is C15H26N4O2. The molecule has 0 atom stereocenters. The van der Waals surface area contributed by atoms with Gasteiger partial charge in [0.1, 0.15) is 5.82 Å². The monoisotopic (exact) mass is 294 g/mol. The maximum Gasteiger partial charge on any atom is 0.174 e. The molecule has 0 aliphatic heterocycles. The largest absolute Gasteiger partial charge is 0.409 e. The summed E-state index contributed by atoms with van der Waals surface area (Å²) >= 11 is 0. The van der Waals surface area contributed by atoms with Crippen molar-refractivity contribution in [1.82, 2.24) is 4.98 Å². The first kappa shape index (κ1) is 17.2. The molecule has 1 aromatic heterocycles. The van der Waals surface area contributed by atoms with E-state index in [-0.39, 0.29) is 18.5 Å². The summed E-state index contributed by atoms with van der Waals surface area (Å²) < 4.78 is 0. The fourth-order valence-electron chi connectivity index (χ4n) is 2.69. The van der Waals surface area contributed by atoms with Gasteiger partial charge in [0.05, 0.1) is 12.2 Å². The lowest BCUT2D eigenvalue weighted by molar-refractivity contribution is 0.295.